The molecule has 1 aromatic heterocycles. The fraction of sp³-hybridized carbons (Fsp3) is 0.182. The van der Waals surface area contributed by atoms with E-state index in [1.165, 1.54) is 23.7 Å². The Labute approximate surface area is 102 Å². The fourth-order valence-corrected chi connectivity index (χ4v) is 1.82. The van der Waals surface area contributed by atoms with E-state index in [-0.39, 0.29) is 11.4 Å². The third-order valence-electron chi connectivity index (χ3n) is 2.78. The minimum absolute atomic E-state index is 0.0130. The van der Waals surface area contributed by atoms with Gasteiger partial charge in [0.2, 0.25) is 0 Å². The summed E-state index contributed by atoms with van der Waals surface area (Å²) >= 11 is 0. The van der Waals surface area contributed by atoms with Crippen molar-refractivity contribution in [2.75, 3.05) is 0 Å². The van der Waals surface area contributed by atoms with Crippen molar-refractivity contribution in [3.63, 3.8) is 0 Å². The highest BCUT2D eigenvalue weighted by atomic mass is 16.6. The Morgan fingerprint density at radius 2 is 2.06 bits per heavy atom. The lowest BCUT2D eigenvalue weighted by atomic mass is 10.3. The Kier molecular flexibility index (Phi) is 2.66. The maximum Gasteiger partial charge on any atom is 0.356 e. The molecule has 0 aliphatic carbocycles. The molecule has 1 heterocycles. The van der Waals surface area contributed by atoms with E-state index in [1.54, 1.807) is 19.2 Å². The van der Waals surface area contributed by atoms with Crippen LogP contribution in [0.1, 0.15) is 5.69 Å². The van der Waals surface area contributed by atoms with Crippen molar-refractivity contribution in [2.45, 2.75) is 6.92 Å². The molecule has 7 nitrogen and oxygen atoms in total. The predicted octanol–water partition coefficient (Wildman–Crippen LogP) is 1.10. The van der Waals surface area contributed by atoms with Gasteiger partial charge in [-0.2, -0.15) is 0 Å². The van der Waals surface area contributed by atoms with Gasteiger partial charge in [-0.15, -0.1) is 0 Å². The van der Waals surface area contributed by atoms with Crippen LogP contribution in [0.25, 0.3) is 5.69 Å². The molecule has 0 spiro atoms. The number of hydrogen-bond acceptors (Lipinski definition) is 4. The minimum Gasteiger partial charge on any atom is -0.508 e. The Balaban J connectivity index is 2.78. The first-order chi connectivity index (χ1) is 8.43. The highest BCUT2D eigenvalue weighted by Crippen LogP contribution is 2.18. The first kappa shape index (κ1) is 11.9. The van der Waals surface area contributed by atoms with Gasteiger partial charge in [-0.1, -0.05) is 6.07 Å². The zero-order valence-corrected chi connectivity index (χ0v) is 9.82. The van der Waals surface area contributed by atoms with Crippen LogP contribution in [0.5, 0.6) is 5.75 Å². The Bertz CT molecular complexity index is 684. The second-order valence-corrected chi connectivity index (χ2v) is 3.85. The summed E-state index contributed by atoms with van der Waals surface area (Å²) in [5, 5.41) is 20.2. The molecule has 0 aliphatic heterocycles. The number of nitrogens with zero attached hydrogens (tertiary/aromatic N) is 3. The monoisotopic (exact) mass is 249 g/mol. The van der Waals surface area contributed by atoms with Crippen molar-refractivity contribution in [3.05, 3.63) is 50.4 Å². The van der Waals surface area contributed by atoms with Crippen LogP contribution < -0.4 is 5.56 Å². The van der Waals surface area contributed by atoms with Crippen LogP contribution in [-0.2, 0) is 7.05 Å². The number of benzene rings is 1. The molecular weight excluding hydrogens is 238 g/mol. The standard InChI is InChI=1S/C11H11N3O4/c1-7-10(14(17)18)11(16)13(12(7)2)8-4-3-5-9(15)6-8/h3-6,15H,1-2H3. The lowest BCUT2D eigenvalue weighted by Crippen LogP contribution is -2.20. The van der Waals surface area contributed by atoms with Crippen molar-refractivity contribution in [1.82, 2.24) is 9.36 Å². The van der Waals surface area contributed by atoms with Crippen molar-refractivity contribution < 1.29 is 10.0 Å². The Hall–Kier alpha value is -2.57. The van der Waals surface area contributed by atoms with Crippen LogP contribution in [0.4, 0.5) is 5.69 Å². The number of phenols is 1. The average molecular weight is 249 g/mol. The lowest BCUT2D eigenvalue weighted by Gasteiger charge is -2.07. The molecule has 1 aromatic carbocycles. The van der Waals surface area contributed by atoms with E-state index >= 15 is 0 Å². The highest BCUT2D eigenvalue weighted by Gasteiger charge is 2.25. The van der Waals surface area contributed by atoms with E-state index in [1.807, 2.05) is 0 Å². The van der Waals surface area contributed by atoms with Gasteiger partial charge in [0.15, 0.2) is 0 Å². The maximum absolute atomic E-state index is 12.0. The predicted molar refractivity (Wildman–Crippen MR) is 64.1 cm³/mol. The quantitative estimate of drug-likeness (QED) is 0.637. The smallest absolute Gasteiger partial charge is 0.356 e. The largest absolute Gasteiger partial charge is 0.508 e. The third kappa shape index (κ3) is 1.65. The first-order valence-corrected chi connectivity index (χ1v) is 5.16. The molecule has 0 saturated heterocycles. The van der Waals surface area contributed by atoms with Crippen molar-refractivity contribution in [1.29, 1.82) is 0 Å². The summed E-state index contributed by atoms with van der Waals surface area (Å²) in [6, 6.07) is 5.97. The van der Waals surface area contributed by atoms with Crippen LogP contribution in [0.3, 0.4) is 0 Å². The van der Waals surface area contributed by atoms with Crippen LogP contribution >= 0.6 is 0 Å². The van der Waals surface area contributed by atoms with Gasteiger partial charge < -0.3 is 5.11 Å². The van der Waals surface area contributed by atoms with Gasteiger partial charge in [-0.25, -0.2) is 4.68 Å². The van der Waals surface area contributed by atoms with E-state index in [4.69, 9.17) is 0 Å². The molecule has 7 heteroatoms. The molecule has 0 unspecified atom stereocenters. The van der Waals surface area contributed by atoms with Crippen molar-refractivity contribution in [3.8, 4) is 11.4 Å². The van der Waals surface area contributed by atoms with Crippen LogP contribution in [0, 0.1) is 17.0 Å². The zero-order chi connectivity index (χ0) is 13.4. The second kappa shape index (κ2) is 4.02. The van der Waals surface area contributed by atoms with Gasteiger partial charge in [0.25, 0.3) is 0 Å². The maximum atomic E-state index is 12.0. The summed E-state index contributed by atoms with van der Waals surface area (Å²) < 4.78 is 2.53. The number of rotatable bonds is 2. The van der Waals surface area contributed by atoms with Gasteiger partial charge in [-0.3, -0.25) is 19.6 Å². The summed E-state index contributed by atoms with van der Waals surface area (Å²) in [7, 11) is 1.55. The van der Waals surface area contributed by atoms with E-state index in [0.29, 0.717) is 5.69 Å². The molecular formula is C11H11N3O4. The van der Waals surface area contributed by atoms with Gasteiger partial charge in [-0.05, 0) is 19.1 Å². The fourth-order valence-electron chi connectivity index (χ4n) is 1.82. The molecule has 0 aliphatic rings. The minimum atomic E-state index is -0.717. The Morgan fingerprint density at radius 1 is 1.39 bits per heavy atom. The summed E-state index contributed by atoms with van der Waals surface area (Å²) in [5.74, 6) is -0.0130. The lowest BCUT2D eigenvalue weighted by molar-refractivity contribution is -0.386. The van der Waals surface area contributed by atoms with E-state index < -0.39 is 16.2 Å². The molecule has 0 bridgehead atoms. The number of aromatic hydroxyl groups is 1. The molecule has 0 saturated carbocycles. The molecule has 2 aromatic rings. The molecule has 0 atom stereocenters. The summed E-state index contributed by atoms with van der Waals surface area (Å²) in [4.78, 5) is 22.1. The van der Waals surface area contributed by atoms with E-state index in [2.05, 4.69) is 0 Å². The molecule has 18 heavy (non-hydrogen) atoms. The molecule has 0 amide bonds. The molecule has 2 rings (SSSR count). The van der Waals surface area contributed by atoms with E-state index in [9.17, 15) is 20.0 Å². The van der Waals surface area contributed by atoms with Crippen LogP contribution in [0.2, 0.25) is 0 Å². The number of hydrogen-bond donors (Lipinski definition) is 1. The third-order valence-corrected chi connectivity index (χ3v) is 2.78. The SMILES string of the molecule is Cc1c([N+](=O)[O-])c(=O)n(-c2cccc(O)c2)n1C. The van der Waals surface area contributed by atoms with Gasteiger partial charge in [0.1, 0.15) is 11.4 Å². The van der Waals surface area contributed by atoms with E-state index in [0.717, 1.165) is 4.68 Å². The highest BCUT2D eigenvalue weighted by molar-refractivity contribution is 5.42. The first-order valence-electron chi connectivity index (χ1n) is 5.16. The normalized spacial score (nSPS) is 10.6. The number of nitro groups is 1. The van der Waals surface area contributed by atoms with Crippen molar-refractivity contribution in [2.24, 2.45) is 7.05 Å². The average Bonchev–Trinajstić information content (AvgIpc) is 2.50. The van der Waals surface area contributed by atoms with Crippen molar-refractivity contribution >= 4 is 5.69 Å². The Morgan fingerprint density at radius 3 is 2.56 bits per heavy atom. The van der Waals surface area contributed by atoms with Gasteiger partial charge >= 0.3 is 11.2 Å². The topological polar surface area (TPSA) is 90.3 Å². The van der Waals surface area contributed by atoms with Crippen LogP contribution in [-0.4, -0.2) is 19.4 Å². The molecule has 1 N–H and O–H groups in total. The van der Waals surface area contributed by atoms with Gasteiger partial charge in [0, 0.05) is 13.1 Å². The number of aromatic nitrogens is 2. The summed E-state index contributed by atoms with van der Waals surface area (Å²) in [5.41, 5.74) is -0.543. The summed E-state index contributed by atoms with van der Waals surface area (Å²) in [6.07, 6.45) is 0. The summed E-state index contributed by atoms with van der Waals surface area (Å²) in [6.45, 7) is 1.50. The molecule has 0 radical (unpaired) electrons. The van der Waals surface area contributed by atoms with Crippen LogP contribution in [0.15, 0.2) is 29.1 Å². The molecule has 94 valence electrons. The number of phenolic OH excluding ortho intramolecular Hbond substituents is 1. The second-order valence-electron chi connectivity index (χ2n) is 3.85. The molecule has 0 fully saturated rings. The zero-order valence-electron chi connectivity index (χ0n) is 9.82. The van der Waals surface area contributed by atoms with Gasteiger partial charge in [0.05, 0.1) is 10.6 Å².